The van der Waals surface area contributed by atoms with Crippen molar-refractivity contribution in [2.75, 3.05) is 31.8 Å². The fourth-order valence-electron chi connectivity index (χ4n) is 2.22. The van der Waals surface area contributed by atoms with Crippen LogP contribution in [0, 0.1) is 6.92 Å². The quantitative estimate of drug-likeness (QED) is 0.288. The summed E-state index contributed by atoms with van der Waals surface area (Å²) in [4.78, 5) is 0.641. The number of aliphatic hydroxyl groups is 1. The molecule has 1 heterocycles. The minimum atomic E-state index is -1.13. The minimum absolute atomic E-state index is 0.204. The number of benzene rings is 1. The molecule has 2 rings (SSSR count). The molecule has 2 aromatic rings. The predicted molar refractivity (Wildman–Crippen MR) is 131 cm³/mol. The lowest BCUT2D eigenvalue weighted by Crippen LogP contribution is -2.03. The van der Waals surface area contributed by atoms with Gasteiger partial charge in [-0.3, -0.25) is 4.21 Å². The standard InChI is InChI=1S/C16H21BrFO3PS2.C2H6O.C2H6/c1-4-21-22-16(18)15-13(17)11-8-10(2)9-12(14(11)23-15)20-6-5-7-24(3)19;1-2-3;1-2/h8-9,16,22H,4-7H2,1-3H3;3H,2H2,1H3;1-2H3. The lowest BCUT2D eigenvalue weighted by molar-refractivity contribution is 0.318. The second-order valence-corrected chi connectivity index (χ2v) is 10.1. The highest BCUT2D eigenvalue weighted by Crippen LogP contribution is 2.49. The predicted octanol–water partition coefficient (Wildman–Crippen LogP) is 6.74. The van der Waals surface area contributed by atoms with Gasteiger partial charge in [0.05, 0.1) is 25.0 Å². The zero-order valence-electron chi connectivity index (χ0n) is 18.0. The van der Waals surface area contributed by atoms with E-state index in [4.69, 9.17) is 14.4 Å². The van der Waals surface area contributed by atoms with Crippen molar-refractivity contribution < 1.29 is 23.0 Å². The molecule has 0 saturated heterocycles. The number of rotatable bonds is 9. The molecule has 0 spiro atoms. The third-order valence-corrected chi connectivity index (χ3v) is 7.66. The van der Waals surface area contributed by atoms with Crippen LogP contribution in [0.25, 0.3) is 10.1 Å². The fraction of sp³-hybridized carbons (Fsp3) is 0.600. The highest BCUT2D eigenvalue weighted by atomic mass is 79.9. The molecule has 1 aromatic carbocycles. The summed E-state index contributed by atoms with van der Waals surface area (Å²) in [5.74, 6) is 0.249. The maximum Gasteiger partial charge on any atom is 0.176 e. The van der Waals surface area contributed by atoms with Gasteiger partial charge in [-0.2, -0.15) is 0 Å². The van der Waals surface area contributed by atoms with Gasteiger partial charge in [0.15, 0.2) is 5.91 Å². The Morgan fingerprint density at radius 2 is 1.97 bits per heavy atom. The summed E-state index contributed by atoms with van der Waals surface area (Å²) >= 11 is 4.94. The molecule has 1 N–H and O–H groups in total. The molecule has 168 valence electrons. The van der Waals surface area contributed by atoms with Crippen LogP contribution in [0.4, 0.5) is 4.39 Å². The van der Waals surface area contributed by atoms with E-state index < -0.39 is 16.7 Å². The van der Waals surface area contributed by atoms with Crippen LogP contribution in [0.5, 0.6) is 5.75 Å². The average molecular weight is 531 g/mol. The van der Waals surface area contributed by atoms with E-state index in [1.54, 1.807) is 13.2 Å². The molecule has 0 fully saturated rings. The summed E-state index contributed by atoms with van der Waals surface area (Å²) in [5.41, 5.74) is 1.06. The maximum atomic E-state index is 14.4. The first-order chi connectivity index (χ1) is 13.8. The van der Waals surface area contributed by atoms with Gasteiger partial charge in [0, 0.05) is 45.9 Å². The summed E-state index contributed by atoms with van der Waals surface area (Å²) in [6, 6.07) is 4.00. The van der Waals surface area contributed by atoms with Crippen LogP contribution < -0.4 is 4.74 Å². The first-order valence-electron chi connectivity index (χ1n) is 9.63. The Balaban J connectivity index is 0.00000143. The first-order valence-corrected chi connectivity index (χ1v) is 13.9. The van der Waals surface area contributed by atoms with Gasteiger partial charge in [-0.1, -0.05) is 13.8 Å². The molecule has 4 nitrogen and oxygen atoms in total. The Morgan fingerprint density at radius 1 is 1.34 bits per heavy atom. The highest BCUT2D eigenvalue weighted by molar-refractivity contribution is 9.10. The molecule has 0 amide bonds. The van der Waals surface area contributed by atoms with E-state index >= 15 is 0 Å². The molecule has 0 saturated carbocycles. The van der Waals surface area contributed by atoms with Crippen LogP contribution in [0.2, 0.25) is 0 Å². The van der Waals surface area contributed by atoms with Crippen molar-refractivity contribution in [3.8, 4) is 5.75 Å². The zero-order chi connectivity index (χ0) is 22.4. The monoisotopic (exact) mass is 530 g/mol. The van der Waals surface area contributed by atoms with Crippen molar-refractivity contribution in [2.24, 2.45) is 0 Å². The van der Waals surface area contributed by atoms with E-state index in [0.717, 1.165) is 32.3 Å². The van der Waals surface area contributed by atoms with Crippen molar-refractivity contribution in [1.29, 1.82) is 0 Å². The molecule has 3 atom stereocenters. The van der Waals surface area contributed by atoms with Gasteiger partial charge in [0.25, 0.3) is 0 Å². The van der Waals surface area contributed by atoms with E-state index in [-0.39, 0.29) is 15.4 Å². The lowest BCUT2D eigenvalue weighted by atomic mass is 10.1. The number of hydrogen-bond donors (Lipinski definition) is 1. The second kappa shape index (κ2) is 16.6. The van der Waals surface area contributed by atoms with Gasteiger partial charge < -0.3 is 14.4 Å². The Kier molecular flexibility index (Phi) is 16.5. The SMILES string of the molecule is CC.CCO.CCOPC(F)c1sc2c(OCCCS(C)=O)cc(C)cc2c1Br. The molecule has 0 bridgehead atoms. The molecule has 9 heteroatoms. The van der Waals surface area contributed by atoms with Gasteiger partial charge in [0.2, 0.25) is 0 Å². The molecule has 29 heavy (non-hydrogen) atoms. The summed E-state index contributed by atoms with van der Waals surface area (Å²) in [6.45, 7) is 10.8. The van der Waals surface area contributed by atoms with Gasteiger partial charge in [-0.15, -0.1) is 11.3 Å². The van der Waals surface area contributed by atoms with E-state index in [2.05, 4.69) is 15.9 Å². The Bertz CT molecular complexity index is 743. The van der Waals surface area contributed by atoms with Crippen molar-refractivity contribution in [1.82, 2.24) is 0 Å². The topological polar surface area (TPSA) is 55.8 Å². The Hall–Kier alpha value is -0.110. The first kappa shape index (κ1) is 28.9. The number of halogens is 2. The minimum Gasteiger partial charge on any atom is -0.492 e. The average Bonchev–Trinajstić information content (AvgIpc) is 3.02. The Labute approximate surface area is 191 Å². The van der Waals surface area contributed by atoms with Gasteiger partial charge in [0.1, 0.15) is 5.75 Å². The van der Waals surface area contributed by atoms with E-state index in [0.29, 0.717) is 23.8 Å². The molecule has 0 aliphatic heterocycles. The molecule has 1 aromatic heterocycles. The molecule has 0 aliphatic rings. The number of aliphatic hydroxyl groups excluding tert-OH is 1. The van der Waals surface area contributed by atoms with Gasteiger partial charge >= 0.3 is 0 Å². The maximum absolute atomic E-state index is 14.4. The van der Waals surface area contributed by atoms with E-state index in [1.807, 2.05) is 39.8 Å². The highest BCUT2D eigenvalue weighted by Gasteiger charge is 2.21. The van der Waals surface area contributed by atoms with Gasteiger partial charge in [-0.25, -0.2) is 4.39 Å². The van der Waals surface area contributed by atoms with Crippen LogP contribution >= 0.6 is 36.1 Å². The van der Waals surface area contributed by atoms with Crippen molar-refractivity contribution in [3.05, 3.63) is 27.0 Å². The number of alkyl halides is 1. The number of hydrogen-bond acceptors (Lipinski definition) is 5. The lowest BCUT2D eigenvalue weighted by Gasteiger charge is -2.08. The van der Waals surface area contributed by atoms with Crippen molar-refractivity contribution in [2.45, 2.75) is 47.0 Å². The Morgan fingerprint density at radius 3 is 2.52 bits per heavy atom. The number of ether oxygens (including phenoxy) is 1. The fourth-order valence-corrected chi connectivity index (χ4v) is 5.74. The van der Waals surface area contributed by atoms with E-state index in [9.17, 15) is 8.60 Å². The molecule has 3 unspecified atom stereocenters. The van der Waals surface area contributed by atoms with Gasteiger partial charge in [-0.05, 0) is 60.8 Å². The third-order valence-electron chi connectivity index (χ3n) is 3.26. The van der Waals surface area contributed by atoms with Crippen LogP contribution in [-0.4, -0.2) is 41.1 Å². The number of fused-ring (bicyclic) bond motifs is 1. The smallest absolute Gasteiger partial charge is 0.176 e. The summed E-state index contributed by atoms with van der Waals surface area (Å²) in [5, 5.41) is 8.54. The normalized spacial score (nSPS) is 12.9. The van der Waals surface area contributed by atoms with Crippen LogP contribution in [-0.2, 0) is 15.3 Å². The van der Waals surface area contributed by atoms with E-state index in [1.165, 1.54) is 11.3 Å². The second-order valence-electron chi connectivity index (χ2n) is 5.63. The molecular formula is C20H33BrFO4PS2. The molecule has 0 radical (unpaired) electrons. The summed E-state index contributed by atoms with van der Waals surface area (Å²) in [6.07, 6.45) is 2.42. The number of aryl methyl sites for hydroxylation is 1. The summed E-state index contributed by atoms with van der Waals surface area (Å²) < 4.78 is 38.4. The molecular weight excluding hydrogens is 498 g/mol. The largest absolute Gasteiger partial charge is 0.492 e. The number of thiophene rings is 1. The van der Waals surface area contributed by atoms with Crippen LogP contribution in [0.3, 0.4) is 0 Å². The van der Waals surface area contributed by atoms with Crippen molar-refractivity contribution >= 4 is 57.0 Å². The van der Waals surface area contributed by atoms with Crippen LogP contribution in [0.15, 0.2) is 16.6 Å². The molecule has 0 aliphatic carbocycles. The third kappa shape index (κ3) is 10.2. The zero-order valence-corrected chi connectivity index (χ0v) is 22.2. The summed E-state index contributed by atoms with van der Waals surface area (Å²) in [7, 11) is -1.02. The van der Waals surface area contributed by atoms with Crippen molar-refractivity contribution in [3.63, 3.8) is 0 Å². The van der Waals surface area contributed by atoms with Crippen LogP contribution in [0.1, 0.15) is 50.5 Å².